The van der Waals surface area contributed by atoms with Gasteiger partial charge in [0.05, 0.1) is 46.6 Å². The number of carbonyl (C=O) groups excluding carboxylic acids is 4. The first-order valence-corrected chi connectivity index (χ1v) is 17.7. The van der Waals surface area contributed by atoms with Crippen LogP contribution in [0.15, 0.2) is 96.7 Å². The van der Waals surface area contributed by atoms with E-state index in [0.29, 0.717) is 44.7 Å². The largest absolute Gasteiger partial charge is 0.508 e. The van der Waals surface area contributed by atoms with Crippen LogP contribution < -0.4 is 15.1 Å². The number of alkyl halides is 3. The van der Waals surface area contributed by atoms with Gasteiger partial charge in [0.1, 0.15) is 11.5 Å². The number of amides is 4. The lowest BCUT2D eigenvalue weighted by Crippen LogP contribution is -2.53. The number of pyridine rings is 1. The summed E-state index contributed by atoms with van der Waals surface area (Å²) in [6.07, 6.45) is -2.25. The Labute approximate surface area is 316 Å². The summed E-state index contributed by atoms with van der Waals surface area (Å²) in [7, 11) is 1.39. The van der Waals surface area contributed by atoms with Crippen molar-refractivity contribution in [2.24, 2.45) is 23.7 Å². The van der Waals surface area contributed by atoms with Crippen molar-refractivity contribution >= 4 is 58.3 Å². The van der Waals surface area contributed by atoms with Crippen LogP contribution in [0.4, 0.5) is 24.7 Å². The van der Waals surface area contributed by atoms with E-state index >= 15 is 4.79 Å². The maximum Gasteiger partial charge on any atom is 0.417 e. The minimum Gasteiger partial charge on any atom is -0.508 e. The second-order valence-corrected chi connectivity index (χ2v) is 14.5. The molecule has 4 aromatic rings. The molecule has 2 N–H and O–H groups in total. The zero-order valence-electron chi connectivity index (χ0n) is 28.2. The van der Waals surface area contributed by atoms with Crippen molar-refractivity contribution in [3.63, 3.8) is 0 Å². The second kappa shape index (κ2) is 12.9. The standard InChI is InChI=1S/C39H29Cl2F3N4O6/c1-54-30-16-23(49)11-12-25(30)32-24-13-14-26-31(36(52)47(34(26)50)22-5-3-2-4-6-22)27(24)17-28-35(51)48(37(53)38(28,32)19-7-9-21(40)10-8-19)46-33-29(41)15-20(18-45-33)39(42,43)44/h2-13,15-16,18,26-28,31-32,49H,14,17H2,1H3,(H,45,46). The molecule has 1 aromatic heterocycles. The highest BCUT2D eigenvalue weighted by Crippen LogP contribution is 2.65. The molecule has 3 aromatic carbocycles. The molecule has 2 aliphatic carbocycles. The van der Waals surface area contributed by atoms with E-state index in [1.165, 1.54) is 24.1 Å². The van der Waals surface area contributed by atoms with Gasteiger partial charge in [-0.05, 0) is 60.7 Å². The SMILES string of the molecule is COc1cc(O)ccc1C1C2=CCC3C(=O)N(c4ccccc4)C(=O)C3C2CC2C(=O)N(Nc3ncc(C(F)(F)F)cc3Cl)C(=O)C21c1ccc(Cl)cc1. The van der Waals surface area contributed by atoms with Gasteiger partial charge in [0.25, 0.3) is 11.8 Å². The molecule has 276 valence electrons. The molecule has 0 bridgehead atoms. The number of rotatable bonds is 6. The van der Waals surface area contributed by atoms with Crippen LogP contribution in [0.25, 0.3) is 0 Å². The number of benzene rings is 3. The number of fused-ring (bicyclic) bond motifs is 4. The third-order valence-electron chi connectivity index (χ3n) is 11.1. The average molecular weight is 778 g/mol. The van der Waals surface area contributed by atoms with Crippen LogP contribution in [-0.2, 0) is 30.8 Å². The van der Waals surface area contributed by atoms with Gasteiger partial charge >= 0.3 is 6.18 Å². The van der Waals surface area contributed by atoms with Crippen molar-refractivity contribution < 1.29 is 42.2 Å². The lowest BCUT2D eigenvalue weighted by molar-refractivity contribution is -0.139. The molecular weight excluding hydrogens is 748 g/mol. The normalized spacial score (nSPS) is 26.3. The molecule has 8 rings (SSSR count). The molecule has 0 radical (unpaired) electrons. The quantitative estimate of drug-likeness (QED) is 0.154. The van der Waals surface area contributed by atoms with Crippen molar-refractivity contribution in [2.75, 3.05) is 17.4 Å². The number of hydrogen-bond donors (Lipinski definition) is 2. The lowest BCUT2D eigenvalue weighted by atomic mass is 9.49. The number of carbonyl (C=O) groups is 4. The van der Waals surface area contributed by atoms with E-state index in [0.717, 1.165) is 0 Å². The van der Waals surface area contributed by atoms with Crippen molar-refractivity contribution in [1.29, 1.82) is 0 Å². The van der Waals surface area contributed by atoms with E-state index in [1.54, 1.807) is 60.7 Å². The van der Waals surface area contributed by atoms with E-state index < -0.39 is 69.5 Å². The predicted octanol–water partition coefficient (Wildman–Crippen LogP) is 7.31. The van der Waals surface area contributed by atoms with E-state index in [2.05, 4.69) is 10.4 Å². The number of allylic oxidation sites excluding steroid dienone is 2. The van der Waals surface area contributed by atoms with E-state index in [9.17, 15) is 32.7 Å². The van der Waals surface area contributed by atoms with Gasteiger partial charge in [0, 0.05) is 28.8 Å². The highest BCUT2D eigenvalue weighted by molar-refractivity contribution is 6.33. The molecule has 4 aliphatic rings. The number of aromatic hydroxyl groups is 1. The highest BCUT2D eigenvalue weighted by atomic mass is 35.5. The molecule has 2 aliphatic heterocycles. The van der Waals surface area contributed by atoms with Gasteiger partial charge in [0.2, 0.25) is 11.8 Å². The Bertz CT molecular complexity index is 2270. The maximum atomic E-state index is 15.3. The molecule has 4 amide bonds. The van der Waals surface area contributed by atoms with E-state index in [-0.39, 0.29) is 36.1 Å². The van der Waals surface area contributed by atoms with Crippen LogP contribution in [0.2, 0.25) is 10.0 Å². The Balaban J connectivity index is 1.33. The number of hydrazine groups is 1. The summed E-state index contributed by atoms with van der Waals surface area (Å²) in [5, 5.41) is 11.1. The van der Waals surface area contributed by atoms with Crippen LogP contribution in [0.1, 0.15) is 35.4 Å². The number of nitrogens with one attached hydrogen (secondary N) is 1. The van der Waals surface area contributed by atoms with Gasteiger partial charge in [-0.3, -0.25) is 29.5 Å². The van der Waals surface area contributed by atoms with Gasteiger partial charge in [-0.15, -0.1) is 0 Å². The number of anilines is 2. The van der Waals surface area contributed by atoms with E-state index in [4.69, 9.17) is 27.9 Å². The number of hydrogen-bond acceptors (Lipinski definition) is 8. The molecule has 6 atom stereocenters. The van der Waals surface area contributed by atoms with Crippen molar-refractivity contribution in [3.05, 3.63) is 123 Å². The summed E-state index contributed by atoms with van der Waals surface area (Å²) in [5.41, 5.74) is 1.54. The number of aromatic nitrogens is 1. The third kappa shape index (κ3) is 5.27. The molecule has 0 spiro atoms. The summed E-state index contributed by atoms with van der Waals surface area (Å²) >= 11 is 12.6. The zero-order chi connectivity index (χ0) is 38.3. The van der Waals surface area contributed by atoms with Gasteiger partial charge in [-0.2, -0.15) is 18.2 Å². The maximum absolute atomic E-state index is 15.3. The Hall–Kier alpha value is -5.40. The molecule has 3 heterocycles. The number of imide groups is 2. The van der Waals surface area contributed by atoms with Crippen molar-refractivity contribution in [2.45, 2.75) is 30.4 Å². The molecule has 1 saturated carbocycles. The smallest absolute Gasteiger partial charge is 0.417 e. The Morgan fingerprint density at radius 2 is 1.65 bits per heavy atom. The fourth-order valence-corrected chi connectivity index (χ4v) is 9.23. The first-order chi connectivity index (χ1) is 25.8. The first-order valence-electron chi connectivity index (χ1n) is 16.9. The lowest BCUT2D eigenvalue weighted by Gasteiger charge is -2.50. The molecule has 2 saturated heterocycles. The van der Waals surface area contributed by atoms with Gasteiger partial charge < -0.3 is 9.84 Å². The van der Waals surface area contributed by atoms with E-state index in [1.807, 2.05) is 6.08 Å². The molecule has 54 heavy (non-hydrogen) atoms. The zero-order valence-corrected chi connectivity index (χ0v) is 29.7. The van der Waals surface area contributed by atoms with Gasteiger partial charge in [0.15, 0.2) is 5.82 Å². The molecule has 15 heteroatoms. The molecule has 10 nitrogen and oxygen atoms in total. The summed E-state index contributed by atoms with van der Waals surface area (Å²) in [5.74, 6) is -7.23. The molecule has 6 unspecified atom stereocenters. The van der Waals surface area contributed by atoms with Crippen LogP contribution in [0, 0.1) is 23.7 Å². The number of ether oxygens (including phenoxy) is 1. The average Bonchev–Trinajstić information content (AvgIpc) is 3.53. The molecule has 3 fully saturated rings. The summed E-state index contributed by atoms with van der Waals surface area (Å²) < 4.78 is 46.2. The van der Waals surface area contributed by atoms with Crippen molar-refractivity contribution in [1.82, 2.24) is 9.99 Å². The minimum atomic E-state index is -4.75. The van der Waals surface area contributed by atoms with Crippen molar-refractivity contribution in [3.8, 4) is 11.5 Å². The topological polar surface area (TPSA) is 129 Å². The predicted molar refractivity (Wildman–Crippen MR) is 190 cm³/mol. The molecular formula is C39H29Cl2F3N4O6. The minimum absolute atomic E-state index is 0.0505. The Morgan fingerprint density at radius 1 is 0.926 bits per heavy atom. The number of para-hydroxylation sites is 1. The number of phenols is 1. The summed E-state index contributed by atoms with van der Waals surface area (Å²) in [4.78, 5) is 63.5. The number of phenolic OH excluding ortho intramolecular Hbond substituents is 1. The number of methoxy groups -OCH3 is 1. The summed E-state index contributed by atoms with van der Waals surface area (Å²) in [6, 6.07) is 20.0. The Kier molecular flexibility index (Phi) is 8.49. The fourth-order valence-electron chi connectivity index (χ4n) is 8.90. The second-order valence-electron chi connectivity index (χ2n) is 13.7. The van der Waals surface area contributed by atoms with Crippen LogP contribution in [-0.4, -0.2) is 45.8 Å². The van der Waals surface area contributed by atoms with Crippen LogP contribution in [0.5, 0.6) is 11.5 Å². The first kappa shape index (κ1) is 35.6. The van der Waals surface area contributed by atoms with Crippen LogP contribution >= 0.6 is 23.2 Å². The highest BCUT2D eigenvalue weighted by Gasteiger charge is 2.70. The third-order valence-corrected chi connectivity index (χ3v) is 11.6. The Morgan fingerprint density at radius 3 is 2.31 bits per heavy atom. The number of halogens is 5. The summed E-state index contributed by atoms with van der Waals surface area (Å²) in [6.45, 7) is 0. The van der Waals surface area contributed by atoms with Gasteiger partial charge in [-0.25, -0.2) is 4.98 Å². The monoisotopic (exact) mass is 776 g/mol. The number of nitrogens with zero attached hydrogens (tertiary/aromatic N) is 3. The van der Waals surface area contributed by atoms with Gasteiger partial charge in [-0.1, -0.05) is 71.2 Å². The van der Waals surface area contributed by atoms with Crippen LogP contribution in [0.3, 0.4) is 0 Å². The fraction of sp³-hybridized carbons (Fsp3) is 0.256.